The number of nitrogens with zero attached hydrogens (tertiary/aromatic N) is 2. The minimum atomic E-state index is -0.474. The van der Waals surface area contributed by atoms with Gasteiger partial charge in [0.1, 0.15) is 5.60 Å². The van der Waals surface area contributed by atoms with E-state index < -0.39 is 5.60 Å². The fourth-order valence-electron chi connectivity index (χ4n) is 2.10. The lowest BCUT2D eigenvalue weighted by molar-refractivity contribution is 0.0128. The Morgan fingerprint density at radius 1 is 1.41 bits per heavy atom. The van der Waals surface area contributed by atoms with Gasteiger partial charge >= 0.3 is 12.1 Å². The summed E-state index contributed by atoms with van der Waals surface area (Å²) in [6.45, 7) is 7.83. The topological polar surface area (TPSA) is 61.9 Å². The van der Waals surface area contributed by atoms with Gasteiger partial charge in [-0.05, 0) is 20.8 Å². The molecule has 0 radical (unpaired) electrons. The zero-order chi connectivity index (χ0) is 12.6. The van der Waals surface area contributed by atoms with Crippen molar-refractivity contribution < 1.29 is 14.3 Å². The number of carbonyl (C=O) groups excluding carboxylic acids is 2. The fraction of sp³-hybridized carbons (Fsp3) is 0.818. The molecular formula is C11H19N3O3. The molecule has 96 valence electrons. The molecule has 0 spiro atoms. The van der Waals surface area contributed by atoms with Crippen LogP contribution in [0, 0.1) is 0 Å². The molecule has 0 aromatic carbocycles. The van der Waals surface area contributed by atoms with Gasteiger partial charge in [-0.1, -0.05) is 0 Å². The molecule has 0 unspecified atom stereocenters. The van der Waals surface area contributed by atoms with E-state index in [2.05, 4.69) is 5.32 Å². The van der Waals surface area contributed by atoms with Crippen LogP contribution in [0.1, 0.15) is 20.8 Å². The Kier molecular flexibility index (Phi) is 2.89. The lowest BCUT2D eigenvalue weighted by Gasteiger charge is -2.37. The van der Waals surface area contributed by atoms with Crippen molar-refractivity contribution in [3.05, 3.63) is 0 Å². The molecule has 3 amide bonds. The Labute approximate surface area is 101 Å². The van der Waals surface area contributed by atoms with Gasteiger partial charge in [0.05, 0.1) is 6.04 Å². The van der Waals surface area contributed by atoms with E-state index in [0.717, 1.165) is 0 Å². The van der Waals surface area contributed by atoms with Crippen molar-refractivity contribution in [2.45, 2.75) is 32.4 Å². The van der Waals surface area contributed by atoms with Crippen molar-refractivity contribution in [2.24, 2.45) is 0 Å². The minimum absolute atomic E-state index is 0.0289. The van der Waals surface area contributed by atoms with Crippen LogP contribution in [0.15, 0.2) is 0 Å². The summed E-state index contributed by atoms with van der Waals surface area (Å²) in [4.78, 5) is 26.7. The van der Waals surface area contributed by atoms with Crippen molar-refractivity contribution >= 4 is 12.1 Å². The maximum absolute atomic E-state index is 11.9. The number of urea groups is 1. The molecule has 6 nitrogen and oxygen atoms in total. The third-order valence-electron chi connectivity index (χ3n) is 2.88. The van der Waals surface area contributed by atoms with Crippen LogP contribution in [0.3, 0.4) is 0 Å². The Morgan fingerprint density at radius 2 is 2.12 bits per heavy atom. The van der Waals surface area contributed by atoms with Crippen molar-refractivity contribution in [3.63, 3.8) is 0 Å². The first-order valence-corrected chi connectivity index (χ1v) is 5.89. The molecule has 0 aliphatic carbocycles. The maximum Gasteiger partial charge on any atom is 0.410 e. The Bertz CT molecular complexity index is 337. The zero-order valence-corrected chi connectivity index (χ0v) is 10.5. The van der Waals surface area contributed by atoms with Gasteiger partial charge < -0.3 is 19.9 Å². The smallest absolute Gasteiger partial charge is 0.410 e. The van der Waals surface area contributed by atoms with Crippen LogP contribution in [-0.2, 0) is 4.74 Å². The van der Waals surface area contributed by atoms with E-state index in [9.17, 15) is 9.59 Å². The number of fused-ring (bicyclic) bond motifs is 1. The van der Waals surface area contributed by atoms with E-state index in [4.69, 9.17) is 4.74 Å². The van der Waals surface area contributed by atoms with Gasteiger partial charge in [0, 0.05) is 26.2 Å². The molecule has 2 saturated heterocycles. The number of hydrogen-bond donors (Lipinski definition) is 1. The maximum atomic E-state index is 11.9. The SMILES string of the molecule is CC(C)(C)OC(=O)N1CCN2C(=O)NC[C@@H]2C1. The van der Waals surface area contributed by atoms with E-state index in [0.29, 0.717) is 26.2 Å². The molecule has 0 aromatic heterocycles. The standard InChI is InChI=1S/C11H19N3O3/c1-11(2,3)17-10(16)13-4-5-14-8(7-13)6-12-9(14)15/h8H,4-7H2,1-3H3,(H,12,15)/t8-/m1/s1. The van der Waals surface area contributed by atoms with E-state index in [1.54, 1.807) is 9.80 Å². The summed E-state index contributed by atoms with van der Waals surface area (Å²) in [7, 11) is 0. The molecule has 0 saturated carbocycles. The number of nitrogens with one attached hydrogen (secondary N) is 1. The zero-order valence-electron chi connectivity index (χ0n) is 10.5. The second-order valence-corrected chi connectivity index (χ2v) is 5.46. The van der Waals surface area contributed by atoms with Gasteiger partial charge in [0.15, 0.2) is 0 Å². The highest BCUT2D eigenvalue weighted by molar-refractivity contribution is 5.77. The van der Waals surface area contributed by atoms with E-state index in [1.807, 2.05) is 20.8 Å². The largest absolute Gasteiger partial charge is 0.444 e. The van der Waals surface area contributed by atoms with Crippen LogP contribution < -0.4 is 5.32 Å². The summed E-state index contributed by atoms with van der Waals surface area (Å²) in [5, 5.41) is 2.78. The van der Waals surface area contributed by atoms with Crippen LogP contribution in [-0.4, -0.2) is 59.7 Å². The third kappa shape index (κ3) is 2.62. The van der Waals surface area contributed by atoms with Gasteiger partial charge in [-0.15, -0.1) is 0 Å². The predicted molar refractivity (Wildman–Crippen MR) is 61.7 cm³/mol. The molecular weight excluding hydrogens is 222 g/mol. The summed E-state index contributed by atoms with van der Waals surface area (Å²) in [5.41, 5.74) is -0.474. The molecule has 1 N–H and O–H groups in total. The third-order valence-corrected chi connectivity index (χ3v) is 2.88. The quantitative estimate of drug-likeness (QED) is 0.676. The predicted octanol–water partition coefficient (Wildman–Crippen LogP) is 0.631. The summed E-state index contributed by atoms with van der Waals surface area (Å²) in [6, 6.07) is 0.0580. The van der Waals surface area contributed by atoms with Gasteiger partial charge in [-0.25, -0.2) is 9.59 Å². The Balaban J connectivity index is 1.93. The van der Waals surface area contributed by atoms with E-state index in [1.165, 1.54) is 0 Å². The van der Waals surface area contributed by atoms with Crippen LogP contribution >= 0.6 is 0 Å². The molecule has 2 aliphatic rings. The lowest BCUT2D eigenvalue weighted by Crippen LogP contribution is -2.54. The highest BCUT2D eigenvalue weighted by Crippen LogP contribution is 2.17. The molecule has 2 aliphatic heterocycles. The summed E-state index contributed by atoms with van der Waals surface area (Å²) >= 11 is 0. The van der Waals surface area contributed by atoms with E-state index in [-0.39, 0.29) is 18.2 Å². The van der Waals surface area contributed by atoms with Gasteiger partial charge in [0.2, 0.25) is 0 Å². The molecule has 2 fully saturated rings. The molecule has 2 rings (SSSR count). The van der Waals surface area contributed by atoms with Crippen molar-refractivity contribution in [1.29, 1.82) is 0 Å². The summed E-state index contributed by atoms with van der Waals surface area (Å²) < 4.78 is 5.32. The normalized spacial score (nSPS) is 24.4. The minimum Gasteiger partial charge on any atom is -0.444 e. The monoisotopic (exact) mass is 241 g/mol. The number of hydrogen-bond acceptors (Lipinski definition) is 3. The van der Waals surface area contributed by atoms with Crippen LogP contribution in [0.25, 0.3) is 0 Å². The number of carbonyl (C=O) groups is 2. The fourth-order valence-corrected chi connectivity index (χ4v) is 2.10. The van der Waals surface area contributed by atoms with Crippen molar-refractivity contribution in [1.82, 2.24) is 15.1 Å². The summed E-state index contributed by atoms with van der Waals surface area (Å²) in [5.74, 6) is 0. The van der Waals surface area contributed by atoms with Crippen molar-refractivity contribution in [3.8, 4) is 0 Å². The lowest BCUT2D eigenvalue weighted by atomic mass is 10.2. The Hall–Kier alpha value is -1.46. The van der Waals surface area contributed by atoms with Crippen LogP contribution in [0.2, 0.25) is 0 Å². The molecule has 0 aromatic rings. The van der Waals surface area contributed by atoms with E-state index >= 15 is 0 Å². The molecule has 1 atom stereocenters. The number of piperazine rings is 1. The van der Waals surface area contributed by atoms with Gasteiger partial charge in [0.25, 0.3) is 0 Å². The van der Waals surface area contributed by atoms with Gasteiger partial charge in [-0.3, -0.25) is 0 Å². The molecule has 2 heterocycles. The number of ether oxygens (including phenoxy) is 1. The highest BCUT2D eigenvalue weighted by Gasteiger charge is 2.37. The molecule has 17 heavy (non-hydrogen) atoms. The molecule has 0 bridgehead atoms. The molecule has 6 heteroatoms. The number of amides is 3. The first kappa shape index (κ1) is 12.0. The number of rotatable bonds is 0. The Morgan fingerprint density at radius 3 is 2.76 bits per heavy atom. The van der Waals surface area contributed by atoms with Gasteiger partial charge in [-0.2, -0.15) is 0 Å². The van der Waals surface area contributed by atoms with Crippen LogP contribution in [0.4, 0.5) is 9.59 Å². The van der Waals surface area contributed by atoms with Crippen LogP contribution in [0.5, 0.6) is 0 Å². The average Bonchev–Trinajstić information content (AvgIpc) is 2.57. The highest BCUT2D eigenvalue weighted by atomic mass is 16.6. The first-order chi connectivity index (χ1) is 7.87. The second kappa shape index (κ2) is 4.09. The van der Waals surface area contributed by atoms with Crippen molar-refractivity contribution in [2.75, 3.05) is 26.2 Å². The first-order valence-electron chi connectivity index (χ1n) is 5.89. The second-order valence-electron chi connectivity index (χ2n) is 5.46. The average molecular weight is 241 g/mol. The summed E-state index contributed by atoms with van der Waals surface area (Å²) in [6.07, 6.45) is -0.295.